The molecule has 1 atom stereocenters. The van der Waals surface area contributed by atoms with Crippen molar-refractivity contribution >= 4 is 17.4 Å². The first kappa shape index (κ1) is 14.1. The summed E-state index contributed by atoms with van der Waals surface area (Å²) in [4.78, 5) is 11.6. The second-order valence-electron chi connectivity index (χ2n) is 4.33. The third-order valence-corrected chi connectivity index (χ3v) is 2.96. The standard InChI is InChI=1S/C13H17ClFNO/c1-9(8-16)2-5-12(17)6-10-3-4-11(14)7-13(10)15/h3-4,7,9H,2,5-6,8,16H2,1H3. The molecule has 0 aliphatic rings. The first-order valence-corrected chi connectivity index (χ1v) is 6.06. The normalized spacial score (nSPS) is 12.5. The van der Waals surface area contributed by atoms with Gasteiger partial charge in [-0.1, -0.05) is 24.6 Å². The van der Waals surface area contributed by atoms with Crippen molar-refractivity contribution in [3.8, 4) is 0 Å². The zero-order chi connectivity index (χ0) is 12.8. The van der Waals surface area contributed by atoms with Gasteiger partial charge in [0.2, 0.25) is 0 Å². The average Bonchev–Trinajstić information content (AvgIpc) is 2.29. The minimum absolute atomic E-state index is 0.0338. The van der Waals surface area contributed by atoms with Gasteiger partial charge < -0.3 is 5.73 Å². The number of nitrogens with two attached hydrogens (primary N) is 1. The van der Waals surface area contributed by atoms with E-state index in [1.54, 1.807) is 12.1 Å². The number of rotatable bonds is 6. The van der Waals surface area contributed by atoms with Crippen LogP contribution < -0.4 is 5.73 Å². The highest BCUT2D eigenvalue weighted by Gasteiger charge is 2.10. The molecule has 0 bridgehead atoms. The van der Waals surface area contributed by atoms with E-state index in [0.29, 0.717) is 29.5 Å². The summed E-state index contributed by atoms with van der Waals surface area (Å²) in [7, 11) is 0. The predicted molar refractivity (Wildman–Crippen MR) is 67.6 cm³/mol. The Morgan fingerprint density at radius 3 is 2.82 bits per heavy atom. The fraction of sp³-hybridized carbons (Fsp3) is 0.462. The zero-order valence-electron chi connectivity index (χ0n) is 9.88. The molecule has 0 aliphatic carbocycles. The molecule has 2 nitrogen and oxygen atoms in total. The van der Waals surface area contributed by atoms with Crippen LogP contribution in [0.15, 0.2) is 18.2 Å². The maximum atomic E-state index is 13.4. The summed E-state index contributed by atoms with van der Waals surface area (Å²) in [5.74, 6) is -0.0572. The lowest BCUT2D eigenvalue weighted by atomic mass is 10.00. The summed E-state index contributed by atoms with van der Waals surface area (Å²) in [5.41, 5.74) is 5.87. The lowest BCUT2D eigenvalue weighted by Gasteiger charge is -2.07. The molecule has 1 unspecified atom stereocenters. The summed E-state index contributed by atoms with van der Waals surface area (Å²) in [6, 6.07) is 4.38. The Hall–Kier alpha value is -0.930. The van der Waals surface area contributed by atoms with Gasteiger partial charge >= 0.3 is 0 Å². The number of halogens is 2. The highest BCUT2D eigenvalue weighted by molar-refractivity contribution is 6.30. The van der Waals surface area contributed by atoms with E-state index in [0.717, 1.165) is 6.42 Å². The Morgan fingerprint density at radius 2 is 2.24 bits per heavy atom. The number of carbonyl (C=O) groups is 1. The molecule has 1 aromatic rings. The third-order valence-electron chi connectivity index (χ3n) is 2.72. The molecule has 0 fully saturated rings. The van der Waals surface area contributed by atoms with Crippen molar-refractivity contribution in [2.24, 2.45) is 11.7 Å². The molecule has 1 rings (SSSR count). The highest BCUT2D eigenvalue weighted by atomic mass is 35.5. The van der Waals surface area contributed by atoms with Crippen molar-refractivity contribution in [1.82, 2.24) is 0 Å². The maximum absolute atomic E-state index is 13.4. The van der Waals surface area contributed by atoms with Gasteiger partial charge in [-0.05, 0) is 36.6 Å². The van der Waals surface area contributed by atoms with Gasteiger partial charge in [-0.15, -0.1) is 0 Å². The molecule has 0 saturated carbocycles. The molecular formula is C13H17ClFNO. The number of ketones is 1. The van der Waals surface area contributed by atoms with Crippen LogP contribution in [0.25, 0.3) is 0 Å². The van der Waals surface area contributed by atoms with Crippen molar-refractivity contribution in [1.29, 1.82) is 0 Å². The Balaban J connectivity index is 2.50. The summed E-state index contributed by atoms with van der Waals surface area (Å²) < 4.78 is 13.4. The molecular weight excluding hydrogens is 241 g/mol. The quantitative estimate of drug-likeness (QED) is 0.851. The number of hydrogen-bond acceptors (Lipinski definition) is 2. The lowest BCUT2D eigenvalue weighted by molar-refractivity contribution is -0.118. The summed E-state index contributed by atoms with van der Waals surface area (Å²) in [6.07, 6.45) is 1.32. The van der Waals surface area contributed by atoms with Crippen LogP contribution in [-0.4, -0.2) is 12.3 Å². The van der Waals surface area contributed by atoms with Crippen molar-refractivity contribution < 1.29 is 9.18 Å². The van der Waals surface area contributed by atoms with Gasteiger partial charge in [-0.25, -0.2) is 4.39 Å². The van der Waals surface area contributed by atoms with Crippen LogP contribution in [-0.2, 0) is 11.2 Å². The Morgan fingerprint density at radius 1 is 1.53 bits per heavy atom. The first-order valence-electron chi connectivity index (χ1n) is 5.68. The van der Waals surface area contributed by atoms with Crippen molar-refractivity contribution in [3.05, 3.63) is 34.6 Å². The van der Waals surface area contributed by atoms with Crippen LogP contribution in [0, 0.1) is 11.7 Å². The van der Waals surface area contributed by atoms with E-state index in [-0.39, 0.29) is 12.2 Å². The van der Waals surface area contributed by atoms with Gasteiger partial charge in [-0.3, -0.25) is 4.79 Å². The smallest absolute Gasteiger partial charge is 0.137 e. The van der Waals surface area contributed by atoms with Gasteiger partial charge in [0.05, 0.1) is 0 Å². The molecule has 94 valence electrons. The van der Waals surface area contributed by atoms with Crippen molar-refractivity contribution in [2.45, 2.75) is 26.2 Å². The molecule has 0 saturated heterocycles. The van der Waals surface area contributed by atoms with Crippen LogP contribution in [0.3, 0.4) is 0 Å². The molecule has 0 heterocycles. The lowest BCUT2D eigenvalue weighted by Crippen LogP contribution is -2.13. The molecule has 17 heavy (non-hydrogen) atoms. The highest BCUT2D eigenvalue weighted by Crippen LogP contribution is 2.16. The second-order valence-corrected chi connectivity index (χ2v) is 4.77. The van der Waals surface area contributed by atoms with E-state index in [2.05, 4.69) is 0 Å². The molecule has 0 aromatic heterocycles. The fourth-order valence-electron chi connectivity index (χ4n) is 1.49. The van der Waals surface area contributed by atoms with Crippen molar-refractivity contribution in [3.63, 3.8) is 0 Å². The minimum Gasteiger partial charge on any atom is -0.330 e. The first-order chi connectivity index (χ1) is 8.02. The molecule has 4 heteroatoms. The second kappa shape index (κ2) is 6.72. The van der Waals surface area contributed by atoms with E-state index >= 15 is 0 Å². The topological polar surface area (TPSA) is 43.1 Å². The van der Waals surface area contributed by atoms with E-state index in [9.17, 15) is 9.18 Å². The van der Waals surface area contributed by atoms with E-state index in [1.807, 2.05) is 6.92 Å². The van der Waals surface area contributed by atoms with Crippen LogP contribution in [0.1, 0.15) is 25.3 Å². The van der Waals surface area contributed by atoms with Crippen LogP contribution in [0.2, 0.25) is 5.02 Å². The molecule has 0 amide bonds. The summed E-state index contributed by atoms with van der Waals surface area (Å²) in [5, 5.41) is 0.343. The molecule has 1 aromatic carbocycles. The van der Waals surface area contributed by atoms with E-state index in [4.69, 9.17) is 17.3 Å². The van der Waals surface area contributed by atoms with E-state index < -0.39 is 5.82 Å². The third kappa shape index (κ3) is 4.84. The number of carbonyl (C=O) groups excluding carboxylic acids is 1. The Bertz CT molecular complexity index is 395. The minimum atomic E-state index is -0.419. The molecule has 0 aliphatic heterocycles. The summed E-state index contributed by atoms with van der Waals surface area (Å²) in [6.45, 7) is 2.57. The van der Waals surface area contributed by atoms with Gasteiger partial charge in [0.1, 0.15) is 11.6 Å². The monoisotopic (exact) mass is 257 g/mol. The van der Waals surface area contributed by atoms with E-state index in [1.165, 1.54) is 6.07 Å². The molecule has 0 radical (unpaired) electrons. The average molecular weight is 258 g/mol. The largest absolute Gasteiger partial charge is 0.330 e. The maximum Gasteiger partial charge on any atom is 0.137 e. The predicted octanol–water partition coefficient (Wildman–Crippen LogP) is 2.97. The van der Waals surface area contributed by atoms with Crippen LogP contribution in [0.5, 0.6) is 0 Å². The fourth-order valence-corrected chi connectivity index (χ4v) is 1.65. The molecule has 0 spiro atoms. The van der Waals surface area contributed by atoms with Crippen molar-refractivity contribution in [2.75, 3.05) is 6.54 Å². The summed E-state index contributed by atoms with van der Waals surface area (Å²) >= 11 is 5.64. The SMILES string of the molecule is CC(CN)CCC(=O)Cc1ccc(Cl)cc1F. The van der Waals surface area contributed by atoms with Crippen LogP contribution in [0.4, 0.5) is 4.39 Å². The zero-order valence-corrected chi connectivity index (χ0v) is 10.6. The van der Waals surface area contributed by atoms with Gasteiger partial charge in [0.25, 0.3) is 0 Å². The number of benzene rings is 1. The Kier molecular flexibility index (Phi) is 5.59. The van der Waals surface area contributed by atoms with Gasteiger partial charge in [-0.2, -0.15) is 0 Å². The number of hydrogen-bond donors (Lipinski definition) is 1. The number of Topliss-reactive ketones (excluding diaryl/α,β-unsaturated/α-hetero) is 1. The van der Waals surface area contributed by atoms with Crippen LogP contribution >= 0.6 is 11.6 Å². The Labute approximate surface area is 106 Å². The molecule has 2 N–H and O–H groups in total. The van der Waals surface area contributed by atoms with Gasteiger partial charge in [0, 0.05) is 17.9 Å². The van der Waals surface area contributed by atoms with Gasteiger partial charge in [0.15, 0.2) is 0 Å².